The van der Waals surface area contributed by atoms with E-state index in [1.807, 2.05) is 6.92 Å². The van der Waals surface area contributed by atoms with Crippen molar-refractivity contribution in [3.05, 3.63) is 59.1 Å². The molecule has 0 aliphatic heterocycles. The number of nitrogens with one attached hydrogen (secondary N) is 1. The van der Waals surface area contributed by atoms with Gasteiger partial charge in [-0.1, -0.05) is 30.7 Å². The van der Waals surface area contributed by atoms with Gasteiger partial charge in [0.2, 0.25) is 5.91 Å². The number of anilines is 1. The maximum absolute atomic E-state index is 12.3. The van der Waals surface area contributed by atoms with Gasteiger partial charge in [-0.15, -0.1) is 0 Å². The molecule has 2 rings (SSSR count). The first-order chi connectivity index (χ1) is 11.0. The average molecular weight is 333 g/mol. The molecular weight excluding hydrogens is 316 g/mol. The third-order valence-electron chi connectivity index (χ3n) is 3.21. The molecule has 0 bridgehead atoms. The highest BCUT2D eigenvalue weighted by Crippen LogP contribution is 2.25. The quantitative estimate of drug-likeness (QED) is 0.852. The van der Waals surface area contributed by atoms with Crippen molar-refractivity contribution in [1.82, 2.24) is 0 Å². The summed E-state index contributed by atoms with van der Waals surface area (Å²) in [6, 6.07) is 13.3. The van der Waals surface area contributed by atoms with Gasteiger partial charge >= 0.3 is 0 Å². The lowest BCUT2D eigenvalue weighted by Gasteiger charge is -2.18. The number of rotatable bonds is 6. The van der Waals surface area contributed by atoms with Gasteiger partial charge in [0.15, 0.2) is 6.10 Å². The lowest BCUT2D eigenvalue weighted by atomic mass is 10.2. The molecule has 2 aromatic rings. The van der Waals surface area contributed by atoms with Crippen molar-refractivity contribution in [3.8, 4) is 5.75 Å². The van der Waals surface area contributed by atoms with Crippen LogP contribution in [0.2, 0.25) is 5.02 Å². The summed E-state index contributed by atoms with van der Waals surface area (Å²) in [5, 5.41) is 3.19. The SMILES string of the molecule is CC[C@H](Oc1ccccc1Cl)C(=O)Nc1ccc(C(N)=O)cc1. The molecule has 0 fully saturated rings. The number of halogens is 1. The fraction of sp³-hybridized carbons (Fsp3) is 0.176. The van der Waals surface area contributed by atoms with Gasteiger partial charge in [0, 0.05) is 11.3 Å². The summed E-state index contributed by atoms with van der Waals surface area (Å²) >= 11 is 6.04. The molecule has 0 aliphatic carbocycles. The van der Waals surface area contributed by atoms with E-state index in [4.69, 9.17) is 22.1 Å². The van der Waals surface area contributed by atoms with E-state index in [9.17, 15) is 9.59 Å². The summed E-state index contributed by atoms with van der Waals surface area (Å²) in [6.45, 7) is 1.84. The van der Waals surface area contributed by atoms with E-state index >= 15 is 0 Å². The Hall–Kier alpha value is -2.53. The predicted molar refractivity (Wildman–Crippen MR) is 89.7 cm³/mol. The van der Waals surface area contributed by atoms with Crippen molar-refractivity contribution in [1.29, 1.82) is 0 Å². The summed E-state index contributed by atoms with van der Waals surface area (Å²) < 4.78 is 5.67. The van der Waals surface area contributed by atoms with Crippen molar-refractivity contribution >= 4 is 29.1 Å². The molecule has 6 heteroatoms. The first-order valence-corrected chi connectivity index (χ1v) is 7.51. The largest absolute Gasteiger partial charge is 0.479 e. The molecule has 0 heterocycles. The van der Waals surface area contributed by atoms with Crippen LogP contribution < -0.4 is 15.8 Å². The Morgan fingerprint density at radius 2 is 1.83 bits per heavy atom. The first-order valence-electron chi connectivity index (χ1n) is 7.13. The number of benzene rings is 2. The normalized spacial score (nSPS) is 11.6. The Balaban J connectivity index is 2.05. The van der Waals surface area contributed by atoms with Gasteiger partial charge in [0.1, 0.15) is 5.75 Å². The Morgan fingerprint density at radius 3 is 2.39 bits per heavy atom. The van der Waals surface area contributed by atoms with Crippen LogP contribution >= 0.6 is 11.6 Å². The highest BCUT2D eigenvalue weighted by atomic mass is 35.5. The Kier molecular flexibility index (Phi) is 5.60. The number of hydrogen-bond acceptors (Lipinski definition) is 3. The summed E-state index contributed by atoms with van der Waals surface area (Å²) in [4.78, 5) is 23.3. The Labute approximate surface area is 139 Å². The number of carbonyl (C=O) groups excluding carboxylic acids is 2. The molecule has 0 aromatic heterocycles. The molecule has 3 N–H and O–H groups in total. The highest BCUT2D eigenvalue weighted by Gasteiger charge is 2.19. The van der Waals surface area contributed by atoms with Crippen molar-refractivity contribution < 1.29 is 14.3 Å². The van der Waals surface area contributed by atoms with Gasteiger partial charge in [-0.05, 0) is 42.8 Å². The van der Waals surface area contributed by atoms with Crippen molar-refractivity contribution in [2.45, 2.75) is 19.4 Å². The van der Waals surface area contributed by atoms with Gasteiger partial charge in [-0.25, -0.2) is 0 Å². The third kappa shape index (κ3) is 4.47. The summed E-state index contributed by atoms with van der Waals surface area (Å²) in [5.41, 5.74) is 6.11. The molecule has 0 radical (unpaired) electrons. The standard InChI is InChI=1S/C17H17ClN2O3/c1-2-14(23-15-6-4-3-5-13(15)18)17(22)20-12-9-7-11(8-10-12)16(19)21/h3-10,14H,2H2,1H3,(H2,19,21)(H,20,22)/t14-/m0/s1. The van der Waals surface area contributed by atoms with E-state index in [1.54, 1.807) is 48.5 Å². The minimum Gasteiger partial charge on any atom is -0.479 e. The van der Waals surface area contributed by atoms with Crippen LogP contribution in [0.3, 0.4) is 0 Å². The number of amides is 2. The lowest BCUT2D eigenvalue weighted by Crippen LogP contribution is -2.32. The molecule has 2 aromatic carbocycles. The van der Waals surface area contributed by atoms with Crippen molar-refractivity contribution in [2.75, 3.05) is 5.32 Å². The monoisotopic (exact) mass is 332 g/mol. The zero-order valence-corrected chi connectivity index (χ0v) is 13.3. The van der Waals surface area contributed by atoms with Gasteiger partial charge in [-0.2, -0.15) is 0 Å². The number of ether oxygens (including phenoxy) is 1. The molecule has 5 nitrogen and oxygen atoms in total. The Morgan fingerprint density at radius 1 is 1.17 bits per heavy atom. The van der Waals surface area contributed by atoms with Crippen molar-refractivity contribution in [3.63, 3.8) is 0 Å². The molecule has 0 aliphatic rings. The molecule has 2 amide bonds. The van der Waals surface area contributed by atoms with Crippen LogP contribution in [0, 0.1) is 0 Å². The molecule has 120 valence electrons. The number of carbonyl (C=O) groups is 2. The number of hydrogen-bond donors (Lipinski definition) is 2. The van der Waals surface area contributed by atoms with Gasteiger partial charge < -0.3 is 15.8 Å². The highest BCUT2D eigenvalue weighted by molar-refractivity contribution is 6.32. The van der Waals surface area contributed by atoms with Gasteiger partial charge in [0.25, 0.3) is 5.91 Å². The molecule has 0 spiro atoms. The summed E-state index contributed by atoms with van der Waals surface area (Å²) in [6.07, 6.45) is -0.193. The fourth-order valence-electron chi connectivity index (χ4n) is 1.96. The number of primary amides is 1. The van der Waals surface area contributed by atoms with Gasteiger partial charge in [0.05, 0.1) is 5.02 Å². The Bertz CT molecular complexity index is 701. The molecule has 23 heavy (non-hydrogen) atoms. The summed E-state index contributed by atoms with van der Waals surface area (Å²) in [7, 11) is 0. The van der Waals surface area contributed by atoms with Crippen LogP contribution in [0.15, 0.2) is 48.5 Å². The zero-order valence-electron chi connectivity index (χ0n) is 12.6. The second-order valence-corrected chi connectivity index (χ2v) is 5.28. The van der Waals surface area contributed by atoms with Crippen LogP contribution in [-0.4, -0.2) is 17.9 Å². The van der Waals surface area contributed by atoms with Crippen LogP contribution in [0.1, 0.15) is 23.7 Å². The molecule has 1 atom stereocenters. The van der Waals surface area contributed by atoms with Gasteiger partial charge in [-0.3, -0.25) is 9.59 Å². The predicted octanol–water partition coefficient (Wildman–Crippen LogP) is 3.24. The second kappa shape index (κ2) is 7.65. The van der Waals surface area contributed by atoms with E-state index in [1.165, 1.54) is 0 Å². The van der Waals surface area contributed by atoms with E-state index in [-0.39, 0.29) is 5.91 Å². The van der Waals surface area contributed by atoms with Crippen LogP contribution in [0.5, 0.6) is 5.75 Å². The fourth-order valence-corrected chi connectivity index (χ4v) is 2.14. The second-order valence-electron chi connectivity index (χ2n) is 4.88. The minimum atomic E-state index is -0.675. The van der Waals surface area contributed by atoms with E-state index in [0.29, 0.717) is 28.4 Å². The maximum Gasteiger partial charge on any atom is 0.265 e. The van der Waals surface area contributed by atoms with E-state index in [2.05, 4.69) is 5.32 Å². The zero-order chi connectivity index (χ0) is 16.8. The topological polar surface area (TPSA) is 81.4 Å². The van der Waals surface area contributed by atoms with E-state index in [0.717, 1.165) is 0 Å². The van der Waals surface area contributed by atoms with Crippen LogP contribution in [0.4, 0.5) is 5.69 Å². The first kappa shape index (κ1) is 16.8. The van der Waals surface area contributed by atoms with Crippen LogP contribution in [-0.2, 0) is 4.79 Å². The number of nitrogens with two attached hydrogens (primary N) is 1. The molecular formula is C17H17ClN2O3. The average Bonchev–Trinajstić information content (AvgIpc) is 2.54. The third-order valence-corrected chi connectivity index (χ3v) is 3.52. The maximum atomic E-state index is 12.3. The number of para-hydroxylation sites is 1. The molecule has 0 unspecified atom stereocenters. The summed E-state index contributed by atoms with van der Waals surface area (Å²) in [5.74, 6) is -0.351. The smallest absolute Gasteiger partial charge is 0.265 e. The van der Waals surface area contributed by atoms with E-state index < -0.39 is 12.0 Å². The van der Waals surface area contributed by atoms with Crippen LogP contribution in [0.25, 0.3) is 0 Å². The molecule has 0 saturated heterocycles. The van der Waals surface area contributed by atoms with Crippen molar-refractivity contribution in [2.24, 2.45) is 5.73 Å². The molecule has 0 saturated carbocycles. The minimum absolute atomic E-state index is 0.292. The lowest BCUT2D eigenvalue weighted by molar-refractivity contribution is -0.122.